The summed E-state index contributed by atoms with van der Waals surface area (Å²) in [4.78, 5) is 23.1. The molecule has 0 aliphatic heterocycles. The highest BCUT2D eigenvalue weighted by Gasteiger charge is 2.22. The molecule has 2 aromatic rings. The van der Waals surface area contributed by atoms with Crippen molar-refractivity contribution in [2.45, 2.75) is 6.92 Å². The number of rotatable bonds is 0. The van der Waals surface area contributed by atoms with E-state index >= 15 is 0 Å². The van der Waals surface area contributed by atoms with E-state index in [4.69, 9.17) is 0 Å². The normalized spacial score (nSPS) is 14.2. The largest absolute Gasteiger partial charge is 0.286 e. The van der Waals surface area contributed by atoms with E-state index in [0.717, 1.165) is 16.3 Å². The lowest BCUT2D eigenvalue weighted by Gasteiger charge is -2.12. The van der Waals surface area contributed by atoms with E-state index in [2.05, 4.69) is 0 Å². The fourth-order valence-electron chi connectivity index (χ4n) is 2.28. The summed E-state index contributed by atoms with van der Waals surface area (Å²) >= 11 is 0. The van der Waals surface area contributed by atoms with Crippen LogP contribution in [0.1, 0.15) is 21.5 Å². The minimum atomic E-state index is -0.440. The molecule has 0 bridgehead atoms. The van der Waals surface area contributed by atoms with Crippen LogP contribution in [-0.2, 0) is 4.79 Å². The third-order valence-corrected chi connectivity index (χ3v) is 3.19. The molecule has 0 heterocycles. The lowest BCUT2D eigenvalue weighted by molar-refractivity contribution is -0.110. The Kier molecular flexibility index (Phi) is 1.99. The average Bonchev–Trinajstić information content (AvgIpc) is 2.34. The summed E-state index contributed by atoms with van der Waals surface area (Å²) < 4.78 is 0. The quantitative estimate of drug-likeness (QED) is 0.642. The second-order valence-corrected chi connectivity index (χ2v) is 4.22. The van der Waals surface area contributed by atoms with Crippen LogP contribution in [0.4, 0.5) is 0 Å². The molecule has 0 amide bonds. The summed E-state index contributed by atoms with van der Waals surface area (Å²) in [6.07, 6.45) is 3.09. The van der Waals surface area contributed by atoms with Gasteiger partial charge in [-0.05, 0) is 47.0 Å². The topological polar surface area (TPSA) is 34.1 Å². The lowest BCUT2D eigenvalue weighted by Crippen LogP contribution is -2.16. The zero-order valence-corrected chi connectivity index (χ0v) is 9.36. The second-order valence-electron chi connectivity index (χ2n) is 4.22. The molecule has 2 nitrogen and oxygen atoms in total. The van der Waals surface area contributed by atoms with Gasteiger partial charge in [0.25, 0.3) is 0 Å². The van der Waals surface area contributed by atoms with Crippen molar-refractivity contribution in [3.05, 3.63) is 53.1 Å². The van der Waals surface area contributed by atoms with Gasteiger partial charge in [0.1, 0.15) is 0 Å². The van der Waals surface area contributed by atoms with E-state index in [1.165, 1.54) is 11.6 Å². The number of benzene rings is 2. The Morgan fingerprint density at radius 2 is 1.71 bits per heavy atom. The molecule has 0 N–H and O–H groups in total. The summed E-state index contributed by atoms with van der Waals surface area (Å²) in [5.41, 5.74) is 2.54. The molecule has 0 spiro atoms. The van der Waals surface area contributed by atoms with Gasteiger partial charge in [0, 0.05) is 5.56 Å². The minimum Gasteiger partial charge on any atom is -0.286 e. The van der Waals surface area contributed by atoms with E-state index < -0.39 is 11.6 Å². The standard InChI is InChI=1S/C15H10O2/c1-9-3-2-4-11-10(9)5-6-13-12(11)7-8-14(16)15(13)17/h2-8H,1H3. The zero-order chi connectivity index (χ0) is 12.0. The van der Waals surface area contributed by atoms with E-state index in [1.807, 2.05) is 31.2 Å². The molecule has 0 fully saturated rings. The molecule has 0 saturated heterocycles. The van der Waals surface area contributed by atoms with Crippen LogP contribution in [0.15, 0.2) is 36.4 Å². The summed E-state index contributed by atoms with van der Waals surface area (Å²) in [7, 11) is 0. The van der Waals surface area contributed by atoms with Crippen molar-refractivity contribution in [1.82, 2.24) is 0 Å². The maximum Gasteiger partial charge on any atom is 0.233 e. The van der Waals surface area contributed by atoms with E-state index in [9.17, 15) is 9.59 Å². The fraction of sp³-hybridized carbons (Fsp3) is 0.0667. The molecule has 2 aromatic carbocycles. The molecule has 82 valence electrons. The van der Waals surface area contributed by atoms with Gasteiger partial charge in [-0.2, -0.15) is 0 Å². The first-order valence-electron chi connectivity index (χ1n) is 5.47. The number of carbonyl (C=O) groups is 2. The fourth-order valence-corrected chi connectivity index (χ4v) is 2.28. The predicted octanol–water partition coefficient (Wildman–Crippen LogP) is 2.93. The van der Waals surface area contributed by atoms with E-state index in [0.29, 0.717) is 5.56 Å². The Bertz CT molecular complexity index is 693. The molecule has 0 saturated carbocycles. The molecular formula is C15H10O2. The van der Waals surface area contributed by atoms with Crippen molar-refractivity contribution in [1.29, 1.82) is 0 Å². The van der Waals surface area contributed by atoms with E-state index in [1.54, 1.807) is 12.1 Å². The van der Waals surface area contributed by atoms with Crippen LogP contribution >= 0.6 is 0 Å². The second kappa shape index (κ2) is 3.39. The van der Waals surface area contributed by atoms with Crippen LogP contribution in [0.2, 0.25) is 0 Å². The molecule has 2 heteroatoms. The Hall–Kier alpha value is -2.22. The number of allylic oxidation sites excluding steroid dienone is 1. The number of hydrogen-bond donors (Lipinski definition) is 0. The number of hydrogen-bond acceptors (Lipinski definition) is 2. The van der Waals surface area contributed by atoms with Crippen molar-refractivity contribution in [2.24, 2.45) is 0 Å². The maximum absolute atomic E-state index is 11.7. The number of ketones is 2. The van der Waals surface area contributed by atoms with Crippen LogP contribution in [0, 0.1) is 6.92 Å². The highest BCUT2D eigenvalue weighted by atomic mass is 16.2. The molecular weight excluding hydrogens is 212 g/mol. The number of Topliss-reactive ketones (excluding diaryl/α,β-unsaturated/α-hetero) is 1. The molecule has 1 aliphatic rings. The van der Waals surface area contributed by atoms with Crippen LogP contribution in [0.3, 0.4) is 0 Å². The van der Waals surface area contributed by atoms with Crippen molar-refractivity contribution in [3.63, 3.8) is 0 Å². The number of carbonyl (C=O) groups excluding carboxylic acids is 2. The predicted molar refractivity (Wildman–Crippen MR) is 67.1 cm³/mol. The third-order valence-electron chi connectivity index (χ3n) is 3.19. The lowest BCUT2D eigenvalue weighted by atomic mass is 9.90. The molecule has 0 aromatic heterocycles. The van der Waals surface area contributed by atoms with Gasteiger partial charge in [-0.25, -0.2) is 0 Å². The van der Waals surface area contributed by atoms with Crippen LogP contribution in [0.25, 0.3) is 16.8 Å². The Labute approximate surface area is 98.6 Å². The van der Waals surface area contributed by atoms with Crippen molar-refractivity contribution in [2.75, 3.05) is 0 Å². The Morgan fingerprint density at radius 3 is 2.53 bits per heavy atom. The first-order chi connectivity index (χ1) is 8.18. The highest BCUT2D eigenvalue weighted by molar-refractivity contribution is 6.50. The SMILES string of the molecule is Cc1cccc2c3c(ccc12)C(=O)C(=O)C=C3. The van der Waals surface area contributed by atoms with Crippen LogP contribution in [-0.4, -0.2) is 11.6 Å². The van der Waals surface area contributed by atoms with Gasteiger partial charge in [0.05, 0.1) is 0 Å². The summed E-state index contributed by atoms with van der Waals surface area (Å²) in [5, 5.41) is 2.15. The monoisotopic (exact) mass is 222 g/mol. The molecule has 3 rings (SSSR count). The van der Waals surface area contributed by atoms with Gasteiger partial charge in [-0.3, -0.25) is 9.59 Å². The maximum atomic E-state index is 11.7. The summed E-state index contributed by atoms with van der Waals surface area (Å²) in [6.45, 7) is 2.04. The van der Waals surface area contributed by atoms with Crippen molar-refractivity contribution >= 4 is 28.4 Å². The van der Waals surface area contributed by atoms with Gasteiger partial charge in [0.15, 0.2) is 0 Å². The Morgan fingerprint density at radius 1 is 0.882 bits per heavy atom. The first kappa shape index (κ1) is 9.97. The van der Waals surface area contributed by atoms with Gasteiger partial charge in [0.2, 0.25) is 11.6 Å². The molecule has 0 radical (unpaired) electrons. The van der Waals surface area contributed by atoms with Crippen molar-refractivity contribution < 1.29 is 9.59 Å². The summed E-state index contributed by atoms with van der Waals surface area (Å²) in [5.74, 6) is -0.851. The first-order valence-corrected chi connectivity index (χ1v) is 5.47. The zero-order valence-electron chi connectivity index (χ0n) is 9.36. The highest BCUT2D eigenvalue weighted by Crippen LogP contribution is 2.28. The van der Waals surface area contributed by atoms with Crippen molar-refractivity contribution in [3.8, 4) is 0 Å². The van der Waals surface area contributed by atoms with Gasteiger partial charge in [-0.15, -0.1) is 0 Å². The third kappa shape index (κ3) is 1.34. The molecule has 17 heavy (non-hydrogen) atoms. The van der Waals surface area contributed by atoms with Crippen LogP contribution in [0.5, 0.6) is 0 Å². The molecule has 0 atom stereocenters. The molecule has 1 aliphatic carbocycles. The van der Waals surface area contributed by atoms with Gasteiger partial charge in [-0.1, -0.05) is 24.3 Å². The van der Waals surface area contributed by atoms with Gasteiger partial charge < -0.3 is 0 Å². The number of aryl methyl sites for hydroxylation is 1. The smallest absolute Gasteiger partial charge is 0.233 e. The summed E-state index contributed by atoms with van der Waals surface area (Å²) in [6, 6.07) is 9.64. The Balaban J connectivity index is 2.44. The van der Waals surface area contributed by atoms with Gasteiger partial charge >= 0.3 is 0 Å². The van der Waals surface area contributed by atoms with E-state index in [-0.39, 0.29) is 0 Å². The number of fused-ring (bicyclic) bond motifs is 3. The van der Waals surface area contributed by atoms with Crippen LogP contribution < -0.4 is 0 Å². The molecule has 0 unspecified atom stereocenters. The minimum absolute atomic E-state index is 0.411. The average molecular weight is 222 g/mol.